The normalized spacial score (nSPS) is 11.1. The fourth-order valence-electron chi connectivity index (χ4n) is 3.31. The number of para-hydroxylation sites is 2. The number of aromatic nitrogens is 2. The molecule has 4 aromatic rings. The third kappa shape index (κ3) is 5.31. The lowest BCUT2D eigenvalue weighted by Crippen LogP contribution is -2.14. The van der Waals surface area contributed by atoms with E-state index >= 15 is 0 Å². The van der Waals surface area contributed by atoms with E-state index in [0.29, 0.717) is 47.8 Å². The van der Waals surface area contributed by atoms with Gasteiger partial charge in [-0.15, -0.1) is 0 Å². The van der Waals surface area contributed by atoms with Crippen LogP contribution in [0.5, 0.6) is 11.5 Å². The summed E-state index contributed by atoms with van der Waals surface area (Å²) in [5.41, 5.74) is 3.87. The Morgan fingerprint density at radius 1 is 0.935 bits per heavy atom. The number of ether oxygens (including phenoxy) is 2. The summed E-state index contributed by atoms with van der Waals surface area (Å²) in [6.07, 6.45) is 0. The van der Waals surface area contributed by atoms with Gasteiger partial charge in [0.1, 0.15) is 12.4 Å². The molecule has 3 aromatic carbocycles. The van der Waals surface area contributed by atoms with E-state index in [2.05, 4.69) is 15.3 Å². The molecule has 160 valence electrons. The molecule has 0 bridgehead atoms. The fourth-order valence-corrected chi connectivity index (χ4v) is 3.78. The third-order valence-corrected chi connectivity index (χ3v) is 5.41. The highest BCUT2D eigenvalue weighted by Crippen LogP contribution is 2.37. The van der Waals surface area contributed by atoms with Crippen molar-refractivity contribution in [3.05, 3.63) is 87.7 Å². The summed E-state index contributed by atoms with van der Waals surface area (Å²) in [6.45, 7) is 3.97. The van der Waals surface area contributed by atoms with Gasteiger partial charge in [0.05, 0.1) is 29.2 Å². The first-order valence-corrected chi connectivity index (χ1v) is 10.9. The van der Waals surface area contributed by atoms with Gasteiger partial charge in [-0.05, 0) is 42.8 Å². The summed E-state index contributed by atoms with van der Waals surface area (Å²) in [5.74, 6) is 2.02. The van der Waals surface area contributed by atoms with Gasteiger partial charge in [-0.3, -0.25) is 0 Å². The van der Waals surface area contributed by atoms with Crippen LogP contribution < -0.4 is 14.8 Å². The molecule has 1 aromatic heterocycles. The molecule has 5 nitrogen and oxygen atoms in total. The first-order valence-electron chi connectivity index (χ1n) is 10.1. The molecule has 31 heavy (non-hydrogen) atoms. The van der Waals surface area contributed by atoms with E-state index in [1.54, 1.807) is 0 Å². The summed E-state index contributed by atoms with van der Waals surface area (Å²) >= 11 is 12.8. The van der Waals surface area contributed by atoms with Crippen molar-refractivity contribution in [3.63, 3.8) is 0 Å². The van der Waals surface area contributed by atoms with E-state index in [1.165, 1.54) is 0 Å². The Bertz CT molecular complexity index is 1140. The molecule has 0 spiro atoms. The SMILES string of the molecule is CCOc1cc(CNCc2nc3ccccc3[nH]2)cc(Cl)c1OCc1ccccc1Cl. The van der Waals surface area contributed by atoms with Crippen LogP contribution in [0, 0.1) is 0 Å². The number of halogens is 2. The average Bonchev–Trinajstić information content (AvgIpc) is 3.17. The number of benzene rings is 3. The van der Waals surface area contributed by atoms with Gasteiger partial charge >= 0.3 is 0 Å². The molecule has 0 atom stereocenters. The zero-order valence-electron chi connectivity index (χ0n) is 17.1. The van der Waals surface area contributed by atoms with Crippen LogP contribution in [0.3, 0.4) is 0 Å². The standard InChI is InChI=1S/C24H23Cl2N3O2/c1-2-30-22-12-16(13-27-14-23-28-20-9-5-6-10-21(20)29-23)11-19(26)24(22)31-15-17-7-3-4-8-18(17)25/h3-12,27H,2,13-15H2,1H3,(H,28,29). The van der Waals surface area contributed by atoms with Crippen LogP contribution in [-0.2, 0) is 19.7 Å². The van der Waals surface area contributed by atoms with Crippen LogP contribution >= 0.6 is 23.2 Å². The average molecular weight is 456 g/mol. The summed E-state index contributed by atoms with van der Waals surface area (Å²) in [4.78, 5) is 7.90. The predicted octanol–water partition coefficient (Wildman–Crippen LogP) is 6.14. The van der Waals surface area contributed by atoms with E-state index in [0.717, 1.165) is 28.0 Å². The smallest absolute Gasteiger partial charge is 0.180 e. The van der Waals surface area contributed by atoms with Crippen molar-refractivity contribution >= 4 is 34.2 Å². The van der Waals surface area contributed by atoms with E-state index in [1.807, 2.05) is 67.6 Å². The Hall–Kier alpha value is -2.73. The minimum absolute atomic E-state index is 0.309. The van der Waals surface area contributed by atoms with Gasteiger partial charge in [0.25, 0.3) is 0 Å². The fraction of sp³-hybridized carbons (Fsp3) is 0.208. The van der Waals surface area contributed by atoms with Crippen molar-refractivity contribution in [2.75, 3.05) is 6.61 Å². The highest BCUT2D eigenvalue weighted by atomic mass is 35.5. The zero-order chi connectivity index (χ0) is 21.6. The molecule has 0 saturated carbocycles. The Labute approximate surface area is 191 Å². The second-order valence-corrected chi connectivity index (χ2v) is 7.84. The minimum Gasteiger partial charge on any atom is -0.490 e. The maximum atomic E-state index is 6.54. The van der Waals surface area contributed by atoms with Crippen molar-refractivity contribution in [2.45, 2.75) is 26.6 Å². The van der Waals surface area contributed by atoms with E-state index in [4.69, 9.17) is 32.7 Å². The van der Waals surface area contributed by atoms with Crippen LogP contribution in [0.2, 0.25) is 10.0 Å². The summed E-state index contributed by atoms with van der Waals surface area (Å²) in [5, 5.41) is 4.55. The molecule has 0 aliphatic rings. The second-order valence-electron chi connectivity index (χ2n) is 7.02. The molecule has 0 unspecified atom stereocenters. The number of hydrogen-bond donors (Lipinski definition) is 2. The van der Waals surface area contributed by atoms with Crippen molar-refractivity contribution in [3.8, 4) is 11.5 Å². The summed E-state index contributed by atoms with van der Waals surface area (Å²) in [7, 11) is 0. The van der Waals surface area contributed by atoms with Crippen LogP contribution in [-0.4, -0.2) is 16.6 Å². The Morgan fingerprint density at radius 3 is 2.55 bits per heavy atom. The Balaban J connectivity index is 1.43. The molecule has 7 heteroatoms. The van der Waals surface area contributed by atoms with Gasteiger partial charge in [-0.1, -0.05) is 53.5 Å². The van der Waals surface area contributed by atoms with Crippen molar-refractivity contribution < 1.29 is 9.47 Å². The number of hydrogen-bond acceptors (Lipinski definition) is 4. The molecule has 4 rings (SSSR count). The van der Waals surface area contributed by atoms with Gasteiger partial charge in [-0.25, -0.2) is 4.98 Å². The molecule has 0 aliphatic heterocycles. The maximum absolute atomic E-state index is 6.54. The molecule has 0 amide bonds. The van der Waals surface area contributed by atoms with Crippen molar-refractivity contribution in [2.24, 2.45) is 0 Å². The number of nitrogens with zero attached hydrogens (tertiary/aromatic N) is 1. The third-order valence-electron chi connectivity index (χ3n) is 4.76. The quantitative estimate of drug-likeness (QED) is 0.318. The van der Waals surface area contributed by atoms with Gasteiger partial charge in [0.15, 0.2) is 11.5 Å². The molecule has 1 heterocycles. The summed E-state index contributed by atoms with van der Waals surface area (Å²) in [6, 6.07) is 19.4. The predicted molar refractivity (Wildman–Crippen MR) is 125 cm³/mol. The highest BCUT2D eigenvalue weighted by molar-refractivity contribution is 6.32. The molecular weight excluding hydrogens is 433 g/mol. The van der Waals surface area contributed by atoms with Crippen LogP contribution in [0.1, 0.15) is 23.9 Å². The van der Waals surface area contributed by atoms with Gasteiger partial charge in [-0.2, -0.15) is 0 Å². The number of rotatable bonds is 9. The number of aromatic amines is 1. The van der Waals surface area contributed by atoms with Crippen molar-refractivity contribution in [1.29, 1.82) is 0 Å². The number of H-pyrrole nitrogens is 1. The van der Waals surface area contributed by atoms with Gasteiger partial charge in [0.2, 0.25) is 0 Å². The number of nitrogens with one attached hydrogen (secondary N) is 2. The monoisotopic (exact) mass is 455 g/mol. The molecule has 0 radical (unpaired) electrons. The van der Waals surface area contributed by atoms with E-state index < -0.39 is 0 Å². The maximum Gasteiger partial charge on any atom is 0.180 e. The Kier molecular flexibility index (Phi) is 6.97. The molecule has 2 N–H and O–H groups in total. The van der Waals surface area contributed by atoms with Gasteiger partial charge < -0.3 is 19.8 Å². The summed E-state index contributed by atoms with van der Waals surface area (Å²) < 4.78 is 11.8. The first kappa shape index (κ1) is 21.5. The number of fused-ring (bicyclic) bond motifs is 1. The molecule has 0 saturated heterocycles. The van der Waals surface area contributed by atoms with Crippen LogP contribution in [0.25, 0.3) is 11.0 Å². The zero-order valence-corrected chi connectivity index (χ0v) is 18.6. The van der Waals surface area contributed by atoms with E-state index in [9.17, 15) is 0 Å². The van der Waals surface area contributed by atoms with Crippen LogP contribution in [0.15, 0.2) is 60.7 Å². The molecule has 0 aliphatic carbocycles. The largest absolute Gasteiger partial charge is 0.490 e. The first-order chi connectivity index (χ1) is 15.1. The van der Waals surface area contributed by atoms with Crippen LogP contribution in [0.4, 0.5) is 0 Å². The second kappa shape index (κ2) is 10.1. The lowest BCUT2D eigenvalue weighted by Gasteiger charge is -2.16. The Morgan fingerprint density at radius 2 is 1.74 bits per heavy atom. The highest BCUT2D eigenvalue weighted by Gasteiger charge is 2.14. The lowest BCUT2D eigenvalue weighted by atomic mass is 10.2. The van der Waals surface area contributed by atoms with Crippen molar-refractivity contribution in [1.82, 2.24) is 15.3 Å². The van der Waals surface area contributed by atoms with Gasteiger partial charge in [0, 0.05) is 17.1 Å². The minimum atomic E-state index is 0.309. The molecule has 0 fully saturated rings. The molecular formula is C24H23Cl2N3O2. The number of imidazole rings is 1. The van der Waals surface area contributed by atoms with E-state index in [-0.39, 0.29) is 0 Å². The lowest BCUT2D eigenvalue weighted by molar-refractivity contribution is 0.269. The topological polar surface area (TPSA) is 59.2 Å².